The van der Waals surface area contributed by atoms with Crippen LogP contribution in [0, 0.1) is 5.92 Å². The van der Waals surface area contributed by atoms with Crippen LogP contribution in [-0.2, 0) is 19.6 Å². The standard InChI is InChI=1S/C17H24N4O4S.ClH/c1-19-13-4-3-7-20(11-13)17(23)12-8-16(22)21(10-12)14-5-2-6-15(9-14)26(18,24)25;/h2,5-6,9,12-13,19H,3-4,7-8,10-11H2,1H3,(H2,18,24,25);1H. The highest BCUT2D eigenvalue weighted by molar-refractivity contribution is 7.89. The molecule has 27 heavy (non-hydrogen) atoms. The second-order valence-corrected chi connectivity index (χ2v) is 8.42. The SMILES string of the molecule is CNC1CCCN(C(=O)C2CC(=O)N(c3cccc(S(N)(=O)=O)c3)C2)C1.Cl. The van der Waals surface area contributed by atoms with Crippen molar-refractivity contribution in [2.45, 2.75) is 30.2 Å². The van der Waals surface area contributed by atoms with Crippen molar-refractivity contribution in [1.29, 1.82) is 0 Å². The Kier molecular flexibility index (Phi) is 6.85. The van der Waals surface area contributed by atoms with Crippen molar-refractivity contribution in [2.75, 3.05) is 31.6 Å². The van der Waals surface area contributed by atoms with Crippen molar-refractivity contribution in [3.8, 4) is 0 Å². The van der Waals surface area contributed by atoms with Crippen LogP contribution >= 0.6 is 12.4 Å². The first kappa shape index (κ1) is 21.6. The van der Waals surface area contributed by atoms with Crippen LogP contribution in [0.15, 0.2) is 29.2 Å². The molecule has 2 aliphatic heterocycles. The maximum absolute atomic E-state index is 12.8. The van der Waals surface area contributed by atoms with Crippen LogP contribution in [0.5, 0.6) is 0 Å². The number of anilines is 1. The number of piperidine rings is 1. The average molecular weight is 417 g/mol. The highest BCUT2D eigenvalue weighted by Gasteiger charge is 2.38. The maximum atomic E-state index is 12.8. The molecule has 3 rings (SSSR count). The number of hydrogen-bond acceptors (Lipinski definition) is 5. The summed E-state index contributed by atoms with van der Waals surface area (Å²) in [5.74, 6) is -0.600. The van der Waals surface area contributed by atoms with E-state index in [0.717, 1.165) is 12.8 Å². The first-order valence-electron chi connectivity index (χ1n) is 8.69. The summed E-state index contributed by atoms with van der Waals surface area (Å²) in [5, 5.41) is 8.36. The summed E-state index contributed by atoms with van der Waals surface area (Å²) in [6, 6.07) is 6.23. The van der Waals surface area contributed by atoms with Crippen molar-refractivity contribution >= 4 is 39.9 Å². The van der Waals surface area contributed by atoms with E-state index in [2.05, 4.69) is 5.32 Å². The normalized spacial score (nSPS) is 23.3. The van der Waals surface area contributed by atoms with Crippen LogP contribution in [0.4, 0.5) is 5.69 Å². The third-order valence-corrected chi connectivity index (χ3v) is 5.98. The quantitative estimate of drug-likeness (QED) is 0.733. The van der Waals surface area contributed by atoms with Crippen LogP contribution in [0.2, 0.25) is 0 Å². The van der Waals surface area contributed by atoms with E-state index in [-0.39, 0.29) is 48.1 Å². The number of hydrogen-bond donors (Lipinski definition) is 2. The molecule has 0 aliphatic carbocycles. The number of sulfonamides is 1. The van der Waals surface area contributed by atoms with E-state index in [9.17, 15) is 18.0 Å². The van der Waals surface area contributed by atoms with Gasteiger partial charge in [-0.05, 0) is 38.1 Å². The summed E-state index contributed by atoms with van der Waals surface area (Å²) in [6.45, 7) is 1.62. The Labute approximate surface area is 165 Å². The number of nitrogens with two attached hydrogens (primary N) is 1. The van der Waals surface area contributed by atoms with Gasteiger partial charge in [0.1, 0.15) is 0 Å². The molecule has 2 unspecified atom stereocenters. The largest absolute Gasteiger partial charge is 0.341 e. The van der Waals surface area contributed by atoms with E-state index < -0.39 is 15.9 Å². The zero-order chi connectivity index (χ0) is 18.9. The van der Waals surface area contributed by atoms with Gasteiger partial charge in [0.25, 0.3) is 0 Å². The van der Waals surface area contributed by atoms with Gasteiger partial charge < -0.3 is 15.1 Å². The van der Waals surface area contributed by atoms with Crippen LogP contribution < -0.4 is 15.4 Å². The van der Waals surface area contributed by atoms with Gasteiger partial charge >= 0.3 is 0 Å². The van der Waals surface area contributed by atoms with Crippen LogP contribution in [-0.4, -0.2) is 57.9 Å². The van der Waals surface area contributed by atoms with Gasteiger partial charge in [0.05, 0.1) is 10.8 Å². The van der Waals surface area contributed by atoms with Crippen molar-refractivity contribution in [1.82, 2.24) is 10.2 Å². The fourth-order valence-electron chi connectivity index (χ4n) is 3.62. The van der Waals surface area contributed by atoms with Crippen molar-refractivity contribution in [2.24, 2.45) is 11.1 Å². The molecule has 1 aromatic rings. The predicted molar refractivity (Wildman–Crippen MR) is 104 cm³/mol. The van der Waals surface area contributed by atoms with Crippen molar-refractivity contribution < 1.29 is 18.0 Å². The number of halogens is 1. The molecule has 2 atom stereocenters. The number of nitrogens with one attached hydrogen (secondary N) is 1. The second kappa shape index (κ2) is 8.55. The first-order valence-corrected chi connectivity index (χ1v) is 10.2. The molecule has 2 aliphatic rings. The van der Waals surface area contributed by atoms with Gasteiger partial charge in [-0.25, -0.2) is 13.6 Å². The minimum atomic E-state index is -3.85. The predicted octanol–water partition coefficient (Wildman–Crippen LogP) is 0.319. The summed E-state index contributed by atoms with van der Waals surface area (Å²) in [6.07, 6.45) is 2.12. The molecule has 0 spiro atoms. The van der Waals surface area contributed by atoms with E-state index in [1.54, 1.807) is 12.1 Å². The zero-order valence-electron chi connectivity index (χ0n) is 15.1. The number of carbonyl (C=O) groups is 2. The van der Waals surface area contributed by atoms with E-state index in [0.29, 0.717) is 18.8 Å². The van der Waals surface area contributed by atoms with Gasteiger partial charge in [-0.2, -0.15) is 0 Å². The Hall–Kier alpha value is -1.68. The Bertz CT molecular complexity index is 817. The van der Waals surface area contributed by atoms with Crippen LogP contribution in [0.1, 0.15) is 19.3 Å². The Balaban J connectivity index is 0.00000261. The molecule has 2 saturated heterocycles. The molecule has 2 heterocycles. The number of amides is 2. The topological polar surface area (TPSA) is 113 Å². The number of nitrogens with zero attached hydrogens (tertiary/aromatic N) is 2. The molecule has 2 amide bonds. The molecule has 0 saturated carbocycles. The molecule has 1 aromatic carbocycles. The highest BCUT2D eigenvalue weighted by atomic mass is 35.5. The lowest BCUT2D eigenvalue weighted by Crippen LogP contribution is -2.49. The van der Waals surface area contributed by atoms with E-state index >= 15 is 0 Å². The minimum Gasteiger partial charge on any atom is -0.341 e. The summed E-state index contributed by atoms with van der Waals surface area (Å²) in [5.41, 5.74) is 0.448. The summed E-state index contributed by atoms with van der Waals surface area (Å²) in [4.78, 5) is 28.5. The summed E-state index contributed by atoms with van der Waals surface area (Å²) in [7, 11) is -1.96. The average Bonchev–Trinajstić information content (AvgIpc) is 3.02. The molecular weight excluding hydrogens is 392 g/mol. The van der Waals surface area contributed by atoms with Crippen molar-refractivity contribution in [3.05, 3.63) is 24.3 Å². The van der Waals surface area contributed by atoms with Gasteiger partial charge in [-0.15, -0.1) is 12.4 Å². The Morgan fingerprint density at radius 1 is 1.30 bits per heavy atom. The van der Waals surface area contributed by atoms with Crippen LogP contribution in [0.3, 0.4) is 0 Å². The van der Waals surface area contributed by atoms with Gasteiger partial charge in [0.15, 0.2) is 0 Å². The third-order valence-electron chi connectivity index (χ3n) is 5.07. The smallest absolute Gasteiger partial charge is 0.238 e. The molecule has 3 N–H and O–H groups in total. The fraction of sp³-hybridized carbons (Fsp3) is 0.529. The third kappa shape index (κ3) is 4.78. The summed E-state index contributed by atoms with van der Waals surface area (Å²) >= 11 is 0. The van der Waals surface area contributed by atoms with Gasteiger partial charge in [0.2, 0.25) is 21.8 Å². The molecule has 2 fully saturated rings. The first-order chi connectivity index (χ1) is 12.3. The Morgan fingerprint density at radius 2 is 2.04 bits per heavy atom. The minimum absolute atomic E-state index is 0. The lowest BCUT2D eigenvalue weighted by molar-refractivity contribution is -0.137. The number of rotatable bonds is 4. The second-order valence-electron chi connectivity index (χ2n) is 6.86. The van der Waals surface area contributed by atoms with E-state index in [4.69, 9.17) is 5.14 Å². The molecule has 10 heteroatoms. The summed E-state index contributed by atoms with van der Waals surface area (Å²) < 4.78 is 23.1. The van der Waals surface area contributed by atoms with E-state index in [1.807, 2.05) is 11.9 Å². The Morgan fingerprint density at radius 3 is 2.70 bits per heavy atom. The molecule has 150 valence electrons. The van der Waals surface area contributed by atoms with Crippen LogP contribution in [0.25, 0.3) is 0 Å². The molecule has 0 radical (unpaired) electrons. The fourth-order valence-corrected chi connectivity index (χ4v) is 4.18. The molecule has 0 bridgehead atoms. The number of primary sulfonamides is 1. The lowest BCUT2D eigenvalue weighted by Gasteiger charge is -2.34. The number of benzene rings is 1. The number of carbonyl (C=O) groups excluding carboxylic acids is 2. The molecule has 8 nitrogen and oxygen atoms in total. The van der Waals surface area contributed by atoms with Crippen molar-refractivity contribution in [3.63, 3.8) is 0 Å². The zero-order valence-corrected chi connectivity index (χ0v) is 16.8. The molecular formula is C17H25ClN4O4S. The van der Waals surface area contributed by atoms with E-state index in [1.165, 1.54) is 17.0 Å². The number of likely N-dealkylation sites (tertiary alicyclic amines) is 1. The highest BCUT2D eigenvalue weighted by Crippen LogP contribution is 2.28. The molecule has 0 aromatic heterocycles. The monoisotopic (exact) mass is 416 g/mol. The van der Waals surface area contributed by atoms with Gasteiger partial charge in [-0.3, -0.25) is 9.59 Å². The van der Waals surface area contributed by atoms with Gasteiger partial charge in [-0.1, -0.05) is 6.07 Å². The maximum Gasteiger partial charge on any atom is 0.238 e. The van der Waals surface area contributed by atoms with Gasteiger partial charge in [0, 0.05) is 37.8 Å². The lowest BCUT2D eigenvalue weighted by atomic mass is 10.0. The number of likely N-dealkylation sites (N-methyl/N-ethyl adjacent to an activating group) is 1.